The number of anilines is 2. The van der Waals surface area contributed by atoms with Gasteiger partial charge in [0.25, 0.3) is 0 Å². The molecular weight excluding hydrogens is 356 g/mol. The minimum absolute atomic E-state index is 0.207. The Bertz CT molecular complexity index is 810. The maximum absolute atomic E-state index is 11.4. The van der Waals surface area contributed by atoms with Gasteiger partial charge in [-0.25, -0.2) is 5.84 Å². The highest BCUT2D eigenvalue weighted by Gasteiger charge is 2.07. The number of carbonyl (C=O) groups excluding carboxylic acids is 3. The van der Waals surface area contributed by atoms with Crippen LogP contribution < -0.4 is 21.9 Å². The van der Waals surface area contributed by atoms with E-state index in [1.54, 1.807) is 12.1 Å². The van der Waals surface area contributed by atoms with Crippen molar-refractivity contribution in [2.75, 3.05) is 10.6 Å². The monoisotopic (exact) mass is 384 g/mol. The predicted octanol–water partition coefficient (Wildman–Crippen LogP) is 2.97. The Morgan fingerprint density at radius 3 is 2.25 bits per heavy atom. The molecule has 0 aromatic heterocycles. The van der Waals surface area contributed by atoms with Crippen LogP contribution in [0.1, 0.15) is 39.2 Å². The zero-order valence-electron chi connectivity index (χ0n) is 16.6. The molecule has 7 nitrogen and oxygen atoms in total. The first-order valence-electron chi connectivity index (χ1n) is 8.91. The van der Waals surface area contributed by atoms with E-state index in [0.717, 1.165) is 29.6 Å². The molecule has 0 bridgehead atoms. The van der Waals surface area contributed by atoms with Crippen molar-refractivity contribution in [3.05, 3.63) is 59.7 Å². The fourth-order valence-corrected chi connectivity index (χ4v) is 2.49. The molecule has 5 N–H and O–H groups in total. The van der Waals surface area contributed by atoms with Gasteiger partial charge in [0.1, 0.15) is 0 Å². The molecule has 1 aromatic carbocycles. The summed E-state index contributed by atoms with van der Waals surface area (Å²) >= 11 is 0. The third-order valence-corrected chi connectivity index (χ3v) is 3.85. The molecule has 0 radical (unpaired) electrons. The third-order valence-electron chi connectivity index (χ3n) is 3.85. The molecule has 0 fully saturated rings. The topological polar surface area (TPSA) is 113 Å². The second-order valence-electron chi connectivity index (χ2n) is 6.45. The number of amides is 3. The van der Waals surface area contributed by atoms with Crippen LogP contribution in [0.3, 0.4) is 0 Å². The van der Waals surface area contributed by atoms with E-state index < -0.39 is 0 Å². The van der Waals surface area contributed by atoms with Gasteiger partial charge in [-0.3, -0.25) is 19.8 Å². The molecule has 7 heteroatoms. The maximum Gasteiger partial charge on any atom is 0.237 e. The molecule has 0 spiro atoms. The Morgan fingerprint density at radius 2 is 1.68 bits per heavy atom. The van der Waals surface area contributed by atoms with Crippen LogP contribution in [0, 0.1) is 0 Å². The Labute approximate surface area is 165 Å². The lowest BCUT2D eigenvalue weighted by molar-refractivity contribution is -0.120. The highest BCUT2D eigenvalue weighted by atomic mass is 16.2. The van der Waals surface area contributed by atoms with Gasteiger partial charge in [-0.15, -0.1) is 0 Å². The van der Waals surface area contributed by atoms with Gasteiger partial charge in [0.2, 0.25) is 17.7 Å². The van der Waals surface area contributed by atoms with Crippen molar-refractivity contribution >= 4 is 29.1 Å². The molecule has 1 rings (SSSR count). The molecule has 0 aliphatic carbocycles. The van der Waals surface area contributed by atoms with E-state index in [4.69, 9.17) is 5.84 Å². The molecule has 1 aromatic rings. The van der Waals surface area contributed by atoms with Crippen LogP contribution in [0.5, 0.6) is 0 Å². The molecule has 0 atom stereocenters. The van der Waals surface area contributed by atoms with E-state index >= 15 is 0 Å². The van der Waals surface area contributed by atoms with Gasteiger partial charge in [-0.2, -0.15) is 0 Å². The number of hydrogen-bond acceptors (Lipinski definition) is 4. The van der Waals surface area contributed by atoms with Gasteiger partial charge in [-0.05, 0) is 43.0 Å². The van der Waals surface area contributed by atoms with Crippen molar-refractivity contribution in [1.29, 1.82) is 0 Å². The number of nitrogens with one attached hydrogen (secondary N) is 3. The fraction of sp³-hybridized carbons (Fsp3) is 0.286. The average molecular weight is 384 g/mol. The van der Waals surface area contributed by atoms with Crippen LogP contribution in [-0.2, 0) is 20.8 Å². The summed E-state index contributed by atoms with van der Waals surface area (Å²) in [5.74, 6) is 4.43. The molecule has 0 saturated carbocycles. The van der Waals surface area contributed by atoms with Gasteiger partial charge in [0, 0.05) is 20.3 Å². The molecule has 150 valence electrons. The molecule has 0 aliphatic rings. The maximum atomic E-state index is 11.4. The minimum atomic E-state index is -0.243. The second kappa shape index (κ2) is 11.5. The Kier molecular flexibility index (Phi) is 9.39. The van der Waals surface area contributed by atoms with Crippen molar-refractivity contribution in [2.24, 2.45) is 5.84 Å². The molecule has 0 heterocycles. The minimum Gasteiger partial charge on any atom is -0.325 e. The van der Waals surface area contributed by atoms with Crippen molar-refractivity contribution in [3.63, 3.8) is 0 Å². The zero-order valence-corrected chi connectivity index (χ0v) is 16.6. The lowest BCUT2D eigenvalue weighted by Crippen LogP contribution is -2.29. The SMILES string of the molecule is C=C/C(=C\C=C(/C)CC(=O)NN)CCc1ccc(NC(C)=O)c(NC(C)=O)c1. The number of rotatable bonds is 9. The molecule has 3 amide bonds. The number of carbonyl (C=O) groups is 3. The highest BCUT2D eigenvalue weighted by Crippen LogP contribution is 2.25. The highest BCUT2D eigenvalue weighted by molar-refractivity contribution is 5.98. The summed E-state index contributed by atoms with van der Waals surface area (Å²) in [7, 11) is 0. The van der Waals surface area contributed by atoms with E-state index in [9.17, 15) is 14.4 Å². The summed E-state index contributed by atoms with van der Waals surface area (Å²) in [6, 6.07) is 5.53. The fourth-order valence-electron chi connectivity index (χ4n) is 2.49. The summed E-state index contributed by atoms with van der Waals surface area (Å²) < 4.78 is 0. The van der Waals surface area contributed by atoms with E-state index in [-0.39, 0.29) is 24.1 Å². The summed E-state index contributed by atoms with van der Waals surface area (Å²) in [5, 5.41) is 5.44. The average Bonchev–Trinajstić information content (AvgIpc) is 2.62. The number of nitrogens with two attached hydrogens (primary N) is 1. The number of hydrogen-bond donors (Lipinski definition) is 4. The van der Waals surface area contributed by atoms with Crippen LogP contribution in [0.4, 0.5) is 11.4 Å². The van der Waals surface area contributed by atoms with Crippen molar-refractivity contribution in [1.82, 2.24) is 5.43 Å². The van der Waals surface area contributed by atoms with Gasteiger partial charge < -0.3 is 10.6 Å². The standard InChI is InChI=1S/C21H28N4O3/c1-5-17(7-6-14(2)12-21(28)25-22)8-9-18-10-11-19(23-15(3)26)20(13-18)24-16(4)27/h5-7,10-11,13H,1,8-9,12,22H2,2-4H3,(H,23,26)(H,24,27)(H,25,28)/b14-6+,17-7+. The largest absolute Gasteiger partial charge is 0.325 e. The first kappa shape index (κ1) is 22.9. The van der Waals surface area contributed by atoms with Gasteiger partial charge >= 0.3 is 0 Å². The molecular formula is C21H28N4O3. The van der Waals surface area contributed by atoms with E-state index in [0.29, 0.717) is 11.4 Å². The summed E-state index contributed by atoms with van der Waals surface area (Å²) in [5.41, 5.74) is 6.13. The predicted molar refractivity (Wildman–Crippen MR) is 112 cm³/mol. The van der Waals surface area contributed by atoms with Crippen molar-refractivity contribution in [2.45, 2.75) is 40.0 Å². The third kappa shape index (κ3) is 8.46. The van der Waals surface area contributed by atoms with Crippen LogP contribution in [0.15, 0.2) is 54.2 Å². The lowest BCUT2D eigenvalue weighted by atomic mass is 10.0. The molecule has 0 saturated heterocycles. The Morgan fingerprint density at radius 1 is 1.04 bits per heavy atom. The van der Waals surface area contributed by atoms with Crippen molar-refractivity contribution < 1.29 is 14.4 Å². The molecule has 0 unspecified atom stereocenters. The number of benzene rings is 1. The van der Waals surface area contributed by atoms with Gasteiger partial charge in [0.15, 0.2) is 0 Å². The smallest absolute Gasteiger partial charge is 0.237 e. The van der Waals surface area contributed by atoms with Crippen molar-refractivity contribution in [3.8, 4) is 0 Å². The summed E-state index contributed by atoms with van der Waals surface area (Å²) in [6.45, 7) is 8.52. The normalized spacial score (nSPS) is 11.6. The van der Waals surface area contributed by atoms with Crippen LogP contribution >= 0.6 is 0 Å². The molecule has 0 aliphatic heterocycles. The number of hydrazine groups is 1. The number of allylic oxidation sites excluding steroid dienone is 4. The van der Waals surface area contributed by atoms with Gasteiger partial charge in [-0.1, -0.05) is 36.4 Å². The number of aryl methyl sites for hydroxylation is 1. The van der Waals surface area contributed by atoms with Crippen LogP contribution in [0.2, 0.25) is 0 Å². The molecule has 28 heavy (non-hydrogen) atoms. The van der Waals surface area contributed by atoms with Gasteiger partial charge in [0.05, 0.1) is 11.4 Å². The summed E-state index contributed by atoms with van der Waals surface area (Å²) in [4.78, 5) is 34.0. The van der Waals surface area contributed by atoms with Crippen LogP contribution in [-0.4, -0.2) is 17.7 Å². The quantitative estimate of drug-likeness (QED) is 0.227. The first-order chi connectivity index (χ1) is 13.2. The lowest BCUT2D eigenvalue weighted by Gasteiger charge is -2.12. The van der Waals surface area contributed by atoms with E-state index in [1.807, 2.05) is 31.2 Å². The Hall–Kier alpha value is -3.19. The zero-order chi connectivity index (χ0) is 21.1. The second-order valence-corrected chi connectivity index (χ2v) is 6.45. The van der Waals surface area contributed by atoms with Crippen LogP contribution in [0.25, 0.3) is 0 Å². The van der Waals surface area contributed by atoms with E-state index in [2.05, 4.69) is 22.6 Å². The van der Waals surface area contributed by atoms with E-state index in [1.165, 1.54) is 13.8 Å². The first-order valence-corrected chi connectivity index (χ1v) is 8.91. The summed E-state index contributed by atoms with van der Waals surface area (Å²) in [6.07, 6.45) is 7.26. The Balaban J connectivity index is 2.88.